The molecule has 1 aromatic carbocycles. The van der Waals surface area contributed by atoms with E-state index in [9.17, 15) is 9.59 Å². The van der Waals surface area contributed by atoms with Crippen LogP contribution in [0.15, 0.2) is 24.4 Å². The monoisotopic (exact) mass is 406 g/mol. The number of halogens is 4. The molecule has 0 atom stereocenters. The molecule has 126 valence electrons. The van der Waals surface area contributed by atoms with Crippen LogP contribution in [0.3, 0.4) is 0 Å². The van der Waals surface area contributed by atoms with Crippen LogP contribution < -0.4 is 5.32 Å². The van der Waals surface area contributed by atoms with Gasteiger partial charge >= 0.3 is 5.97 Å². The van der Waals surface area contributed by atoms with Gasteiger partial charge in [-0.25, -0.2) is 9.78 Å². The Morgan fingerprint density at radius 2 is 1.83 bits per heavy atom. The van der Waals surface area contributed by atoms with Crippen molar-refractivity contribution in [3.63, 3.8) is 0 Å². The van der Waals surface area contributed by atoms with Crippen LogP contribution in [-0.4, -0.2) is 23.5 Å². The summed E-state index contributed by atoms with van der Waals surface area (Å²) in [7, 11) is 0. The van der Waals surface area contributed by atoms with Crippen molar-refractivity contribution < 1.29 is 14.3 Å². The first-order valence-electron chi connectivity index (χ1n) is 6.52. The quantitative estimate of drug-likeness (QED) is 0.739. The van der Waals surface area contributed by atoms with E-state index in [0.717, 1.165) is 5.56 Å². The number of esters is 1. The second-order valence-corrected chi connectivity index (χ2v) is 6.26. The van der Waals surface area contributed by atoms with E-state index in [4.69, 9.17) is 51.1 Å². The molecule has 0 saturated carbocycles. The van der Waals surface area contributed by atoms with Crippen molar-refractivity contribution in [2.24, 2.45) is 0 Å². The first-order chi connectivity index (χ1) is 11.3. The number of amides is 1. The van der Waals surface area contributed by atoms with Crippen molar-refractivity contribution in [1.29, 1.82) is 0 Å². The molecule has 0 saturated heterocycles. The summed E-state index contributed by atoms with van der Waals surface area (Å²) >= 11 is 23.4. The van der Waals surface area contributed by atoms with Crippen LogP contribution in [0.5, 0.6) is 0 Å². The van der Waals surface area contributed by atoms with Crippen LogP contribution in [0.4, 0.5) is 5.69 Å². The first kappa shape index (κ1) is 18.8. The molecule has 1 amide bonds. The highest BCUT2D eigenvalue weighted by Gasteiger charge is 2.19. The third-order valence-corrected chi connectivity index (χ3v) is 4.40. The normalized spacial score (nSPS) is 10.4. The van der Waals surface area contributed by atoms with E-state index in [1.54, 1.807) is 18.2 Å². The number of aryl methyl sites for hydroxylation is 1. The standard InChI is InChI=1S/C15H10Cl4N2O3/c1-7-2-3-10(8(16)4-7)21-11(22)6-24-15(23)14-13(19)12(18)9(17)5-20-14/h2-5H,6H2,1H3,(H,21,22). The van der Waals surface area contributed by atoms with E-state index >= 15 is 0 Å². The Morgan fingerprint density at radius 3 is 2.50 bits per heavy atom. The minimum Gasteiger partial charge on any atom is -0.451 e. The lowest BCUT2D eigenvalue weighted by Crippen LogP contribution is -2.21. The Labute approximate surface area is 157 Å². The van der Waals surface area contributed by atoms with Gasteiger partial charge in [0.25, 0.3) is 5.91 Å². The van der Waals surface area contributed by atoms with Crippen LogP contribution in [0.25, 0.3) is 0 Å². The maximum atomic E-state index is 11.9. The summed E-state index contributed by atoms with van der Waals surface area (Å²) in [5, 5.41) is 2.85. The first-order valence-corrected chi connectivity index (χ1v) is 8.03. The van der Waals surface area contributed by atoms with Gasteiger partial charge in [-0.2, -0.15) is 0 Å². The van der Waals surface area contributed by atoms with Gasteiger partial charge in [0.1, 0.15) is 0 Å². The fourth-order valence-corrected chi connectivity index (χ4v) is 2.53. The molecule has 0 unspecified atom stereocenters. The van der Waals surface area contributed by atoms with E-state index in [2.05, 4.69) is 10.3 Å². The van der Waals surface area contributed by atoms with Crippen molar-refractivity contribution in [3.05, 3.63) is 55.7 Å². The molecule has 0 aliphatic heterocycles. The molecule has 1 heterocycles. The van der Waals surface area contributed by atoms with Gasteiger partial charge in [-0.3, -0.25) is 4.79 Å². The fraction of sp³-hybridized carbons (Fsp3) is 0.133. The van der Waals surface area contributed by atoms with Gasteiger partial charge < -0.3 is 10.1 Å². The number of ether oxygens (including phenoxy) is 1. The van der Waals surface area contributed by atoms with Crippen molar-refractivity contribution in [2.75, 3.05) is 11.9 Å². The van der Waals surface area contributed by atoms with Crippen LogP contribution in [0.1, 0.15) is 16.1 Å². The number of nitrogens with zero attached hydrogens (tertiary/aromatic N) is 1. The minimum absolute atomic E-state index is 0.0174. The summed E-state index contributed by atoms with van der Waals surface area (Å²) in [4.78, 5) is 27.5. The van der Waals surface area contributed by atoms with Crippen molar-refractivity contribution >= 4 is 64.0 Å². The molecule has 0 radical (unpaired) electrons. The third-order valence-electron chi connectivity index (χ3n) is 2.84. The number of carbonyl (C=O) groups is 2. The van der Waals surface area contributed by atoms with Gasteiger partial charge in [0, 0.05) is 6.20 Å². The number of hydrogen-bond acceptors (Lipinski definition) is 4. The number of anilines is 1. The highest BCUT2D eigenvalue weighted by Crippen LogP contribution is 2.31. The van der Waals surface area contributed by atoms with Crippen LogP contribution in [0.2, 0.25) is 20.1 Å². The van der Waals surface area contributed by atoms with Gasteiger partial charge in [-0.05, 0) is 24.6 Å². The van der Waals surface area contributed by atoms with Gasteiger partial charge in [0.2, 0.25) is 0 Å². The molecule has 24 heavy (non-hydrogen) atoms. The average Bonchev–Trinajstić information content (AvgIpc) is 2.53. The predicted octanol–water partition coefficient (Wildman–Crippen LogP) is 4.80. The zero-order valence-corrected chi connectivity index (χ0v) is 15.2. The number of nitrogens with one attached hydrogen (secondary N) is 1. The molecule has 0 bridgehead atoms. The second-order valence-electron chi connectivity index (χ2n) is 4.69. The molecule has 2 aromatic rings. The van der Waals surface area contributed by atoms with E-state index in [0.29, 0.717) is 10.7 Å². The lowest BCUT2D eigenvalue weighted by molar-refractivity contribution is -0.119. The topological polar surface area (TPSA) is 68.3 Å². The number of benzene rings is 1. The largest absolute Gasteiger partial charge is 0.451 e. The maximum Gasteiger partial charge on any atom is 0.359 e. The molecule has 0 aliphatic rings. The Balaban J connectivity index is 1.99. The van der Waals surface area contributed by atoms with Crippen molar-refractivity contribution in [2.45, 2.75) is 6.92 Å². The summed E-state index contributed by atoms with van der Waals surface area (Å²) < 4.78 is 4.86. The molecule has 2 rings (SSSR count). The highest BCUT2D eigenvalue weighted by atomic mass is 35.5. The van der Waals surface area contributed by atoms with E-state index in [-0.39, 0.29) is 20.8 Å². The number of hydrogen-bond donors (Lipinski definition) is 1. The summed E-state index contributed by atoms with van der Waals surface area (Å²) in [5.41, 5.74) is 1.13. The van der Waals surface area contributed by atoms with Gasteiger partial charge in [0.15, 0.2) is 12.3 Å². The Kier molecular flexibility index (Phi) is 6.29. The maximum absolute atomic E-state index is 11.9. The summed E-state index contributed by atoms with van der Waals surface area (Å²) in [6.45, 7) is 1.33. The highest BCUT2D eigenvalue weighted by molar-refractivity contribution is 6.48. The van der Waals surface area contributed by atoms with Crippen LogP contribution >= 0.6 is 46.4 Å². The minimum atomic E-state index is -0.899. The lowest BCUT2D eigenvalue weighted by Gasteiger charge is -2.09. The Morgan fingerprint density at radius 1 is 1.12 bits per heavy atom. The number of aromatic nitrogens is 1. The molecule has 0 fully saturated rings. The molecule has 1 N–H and O–H groups in total. The number of rotatable bonds is 4. The molecular weight excluding hydrogens is 398 g/mol. The third kappa shape index (κ3) is 4.51. The molecule has 0 spiro atoms. The SMILES string of the molecule is Cc1ccc(NC(=O)COC(=O)c2ncc(Cl)c(Cl)c2Cl)c(Cl)c1. The smallest absolute Gasteiger partial charge is 0.359 e. The molecular formula is C15H10Cl4N2O3. The zero-order valence-electron chi connectivity index (χ0n) is 12.2. The van der Waals surface area contributed by atoms with E-state index < -0.39 is 18.5 Å². The molecule has 5 nitrogen and oxygen atoms in total. The molecule has 1 aromatic heterocycles. The predicted molar refractivity (Wildman–Crippen MR) is 94.4 cm³/mol. The van der Waals surface area contributed by atoms with E-state index in [1.165, 1.54) is 6.20 Å². The second kappa shape index (κ2) is 8.03. The summed E-state index contributed by atoms with van der Waals surface area (Å²) in [5.74, 6) is -1.46. The summed E-state index contributed by atoms with van der Waals surface area (Å²) in [6, 6.07) is 5.13. The van der Waals surface area contributed by atoms with Crippen LogP contribution in [-0.2, 0) is 9.53 Å². The molecule has 0 aliphatic carbocycles. The lowest BCUT2D eigenvalue weighted by atomic mass is 10.2. The number of carbonyl (C=O) groups excluding carboxylic acids is 2. The summed E-state index contributed by atoms with van der Waals surface area (Å²) in [6.07, 6.45) is 1.17. The Bertz CT molecular complexity index is 812. The van der Waals surface area contributed by atoms with E-state index in [1.807, 2.05) is 6.92 Å². The average molecular weight is 408 g/mol. The van der Waals surface area contributed by atoms with Gasteiger partial charge in [-0.15, -0.1) is 0 Å². The van der Waals surface area contributed by atoms with Crippen LogP contribution in [0, 0.1) is 6.92 Å². The van der Waals surface area contributed by atoms with Gasteiger partial charge in [-0.1, -0.05) is 52.5 Å². The zero-order chi connectivity index (χ0) is 17.9. The van der Waals surface area contributed by atoms with Crippen molar-refractivity contribution in [1.82, 2.24) is 4.98 Å². The Hall–Kier alpha value is -1.53. The van der Waals surface area contributed by atoms with Crippen molar-refractivity contribution in [3.8, 4) is 0 Å². The number of pyridine rings is 1. The fourth-order valence-electron chi connectivity index (χ4n) is 1.69. The van der Waals surface area contributed by atoms with Gasteiger partial charge in [0.05, 0.1) is 25.8 Å². The molecule has 9 heteroatoms.